The van der Waals surface area contributed by atoms with Crippen molar-refractivity contribution >= 4 is 29.9 Å². The number of likely N-dealkylation sites (tertiary alicyclic amines) is 1. The molecule has 0 aromatic carbocycles. The number of pyridine rings is 1. The van der Waals surface area contributed by atoms with Crippen LogP contribution in [0.2, 0.25) is 0 Å². The average Bonchev–Trinajstić information content (AvgIpc) is 3.00. The van der Waals surface area contributed by atoms with E-state index in [0.29, 0.717) is 31.8 Å². The third-order valence-electron chi connectivity index (χ3n) is 4.61. The van der Waals surface area contributed by atoms with Crippen molar-refractivity contribution in [3.8, 4) is 0 Å². The molecule has 3 rings (SSSR count). The zero-order valence-electron chi connectivity index (χ0n) is 15.0. The smallest absolute Gasteiger partial charge is 0.350 e. The van der Waals surface area contributed by atoms with Gasteiger partial charge < -0.3 is 16.0 Å². The number of nitrogens with zero attached hydrogens (tertiary/aromatic N) is 4. The second-order valence-electron chi connectivity index (χ2n) is 6.44. The van der Waals surface area contributed by atoms with Crippen LogP contribution in [-0.2, 0) is 16.1 Å². The van der Waals surface area contributed by atoms with E-state index in [9.17, 15) is 14.4 Å². The lowest BCUT2D eigenvalue weighted by Gasteiger charge is -2.32. The maximum atomic E-state index is 12.5. The minimum absolute atomic E-state index is 0. The molecule has 10 heteroatoms. The standard InChI is InChI=1S/C17H24N6O3.ClH/c18-7-8-19-16(25)13-4-3-9-21(12-13)15(24)6-11-23-17(26)22-10-2-1-5-14(22)20-23;/h1-2,5,10,13H,3-4,6-9,11-12,18H2,(H,19,25);1H. The first-order valence-electron chi connectivity index (χ1n) is 8.90. The summed E-state index contributed by atoms with van der Waals surface area (Å²) in [5.41, 5.74) is 5.70. The first-order chi connectivity index (χ1) is 12.6. The second kappa shape index (κ2) is 9.52. The van der Waals surface area contributed by atoms with Crippen LogP contribution < -0.4 is 16.7 Å². The molecular weight excluding hydrogens is 372 g/mol. The number of aryl methyl sites for hydroxylation is 1. The largest absolute Gasteiger partial charge is 0.355 e. The lowest BCUT2D eigenvalue weighted by Crippen LogP contribution is -2.46. The van der Waals surface area contributed by atoms with Crippen LogP contribution in [0.1, 0.15) is 19.3 Å². The summed E-state index contributed by atoms with van der Waals surface area (Å²) in [6.07, 6.45) is 3.39. The van der Waals surface area contributed by atoms with E-state index >= 15 is 0 Å². The highest BCUT2D eigenvalue weighted by Gasteiger charge is 2.28. The lowest BCUT2D eigenvalue weighted by molar-refractivity contribution is -0.135. The molecule has 9 nitrogen and oxygen atoms in total. The zero-order valence-corrected chi connectivity index (χ0v) is 15.9. The fourth-order valence-electron chi connectivity index (χ4n) is 3.23. The minimum atomic E-state index is -0.258. The predicted molar refractivity (Wildman–Crippen MR) is 103 cm³/mol. The molecule has 2 aromatic heterocycles. The molecule has 148 valence electrons. The van der Waals surface area contributed by atoms with Gasteiger partial charge in [-0.1, -0.05) is 6.07 Å². The molecule has 1 fully saturated rings. The normalized spacial score (nSPS) is 16.8. The van der Waals surface area contributed by atoms with Crippen LogP contribution in [0.5, 0.6) is 0 Å². The van der Waals surface area contributed by atoms with Gasteiger partial charge in [0.25, 0.3) is 0 Å². The van der Waals surface area contributed by atoms with E-state index in [1.54, 1.807) is 29.3 Å². The number of aromatic nitrogens is 3. The Balaban J connectivity index is 0.00000261. The number of halogens is 1. The van der Waals surface area contributed by atoms with E-state index in [0.717, 1.165) is 12.8 Å². The molecule has 1 aliphatic heterocycles. The molecule has 0 spiro atoms. The minimum Gasteiger partial charge on any atom is -0.355 e. The van der Waals surface area contributed by atoms with Crippen molar-refractivity contribution in [1.29, 1.82) is 0 Å². The number of rotatable bonds is 6. The van der Waals surface area contributed by atoms with Crippen molar-refractivity contribution < 1.29 is 9.59 Å². The van der Waals surface area contributed by atoms with Crippen LogP contribution in [0.25, 0.3) is 5.65 Å². The number of nitrogens with one attached hydrogen (secondary N) is 1. The van der Waals surface area contributed by atoms with Crippen molar-refractivity contribution in [3.63, 3.8) is 0 Å². The third kappa shape index (κ3) is 4.86. The highest BCUT2D eigenvalue weighted by Crippen LogP contribution is 2.17. The third-order valence-corrected chi connectivity index (χ3v) is 4.61. The van der Waals surface area contributed by atoms with E-state index in [-0.39, 0.29) is 48.8 Å². The first-order valence-corrected chi connectivity index (χ1v) is 8.90. The van der Waals surface area contributed by atoms with Gasteiger partial charge >= 0.3 is 5.69 Å². The molecule has 1 unspecified atom stereocenters. The van der Waals surface area contributed by atoms with Crippen molar-refractivity contribution in [1.82, 2.24) is 24.4 Å². The van der Waals surface area contributed by atoms with Crippen LogP contribution in [0.3, 0.4) is 0 Å². The number of nitrogens with two attached hydrogens (primary N) is 1. The van der Waals surface area contributed by atoms with E-state index in [1.807, 2.05) is 0 Å². The Kier molecular flexibility index (Phi) is 7.37. The topological polar surface area (TPSA) is 115 Å². The molecule has 3 heterocycles. The number of piperidine rings is 1. The van der Waals surface area contributed by atoms with Crippen LogP contribution in [-0.4, -0.2) is 57.1 Å². The molecule has 2 aromatic rings. The Bertz CT molecular complexity index is 849. The van der Waals surface area contributed by atoms with Gasteiger partial charge in [0.15, 0.2) is 5.65 Å². The Hall–Kier alpha value is -2.39. The Labute approximate surface area is 162 Å². The van der Waals surface area contributed by atoms with E-state index in [2.05, 4.69) is 10.4 Å². The maximum Gasteiger partial charge on any atom is 0.350 e. The van der Waals surface area contributed by atoms with Gasteiger partial charge in [0.05, 0.1) is 12.5 Å². The number of hydrogen-bond acceptors (Lipinski definition) is 5. The highest BCUT2D eigenvalue weighted by atomic mass is 35.5. The number of carbonyl (C=O) groups is 2. The van der Waals surface area contributed by atoms with E-state index in [1.165, 1.54) is 9.08 Å². The number of amides is 2. The first kappa shape index (κ1) is 20.9. The van der Waals surface area contributed by atoms with Gasteiger partial charge in [0.2, 0.25) is 11.8 Å². The highest BCUT2D eigenvalue weighted by molar-refractivity contribution is 5.85. The fourth-order valence-corrected chi connectivity index (χ4v) is 3.23. The number of fused-ring (bicyclic) bond motifs is 1. The summed E-state index contributed by atoms with van der Waals surface area (Å²) in [5, 5.41) is 7.01. The molecule has 1 aliphatic rings. The van der Waals surface area contributed by atoms with Crippen LogP contribution in [0, 0.1) is 5.92 Å². The SMILES string of the molecule is Cl.NCCNC(=O)C1CCCN(C(=O)CCn2nc3ccccn3c2=O)C1. The summed E-state index contributed by atoms with van der Waals surface area (Å²) in [5.74, 6) is -0.313. The molecule has 0 radical (unpaired) electrons. The predicted octanol–water partition coefficient (Wildman–Crippen LogP) is -0.379. The monoisotopic (exact) mass is 396 g/mol. The van der Waals surface area contributed by atoms with Crippen LogP contribution in [0.4, 0.5) is 0 Å². The van der Waals surface area contributed by atoms with Crippen molar-refractivity contribution in [3.05, 3.63) is 34.9 Å². The fraction of sp³-hybridized carbons (Fsp3) is 0.529. The molecule has 1 atom stereocenters. The molecule has 0 aliphatic carbocycles. The van der Waals surface area contributed by atoms with Crippen molar-refractivity contribution in [2.75, 3.05) is 26.2 Å². The van der Waals surface area contributed by atoms with Gasteiger partial charge in [-0.15, -0.1) is 17.5 Å². The van der Waals surface area contributed by atoms with Crippen molar-refractivity contribution in [2.45, 2.75) is 25.8 Å². The summed E-state index contributed by atoms with van der Waals surface area (Å²) >= 11 is 0. The lowest BCUT2D eigenvalue weighted by atomic mass is 9.97. The summed E-state index contributed by atoms with van der Waals surface area (Å²) in [7, 11) is 0. The summed E-state index contributed by atoms with van der Waals surface area (Å²) in [6.45, 7) is 2.11. The van der Waals surface area contributed by atoms with Crippen LogP contribution in [0.15, 0.2) is 29.2 Å². The summed E-state index contributed by atoms with van der Waals surface area (Å²) < 4.78 is 2.76. The molecule has 1 saturated heterocycles. The molecular formula is C17H25ClN6O3. The second-order valence-corrected chi connectivity index (χ2v) is 6.44. The number of hydrogen-bond donors (Lipinski definition) is 2. The molecule has 0 bridgehead atoms. The number of carbonyl (C=O) groups excluding carboxylic acids is 2. The van der Waals surface area contributed by atoms with Crippen LogP contribution >= 0.6 is 12.4 Å². The van der Waals surface area contributed by atoms with Gasteiger partial charge in [0, 0.05) is 38.8 Å². The van der Waals surface area contributed by atoms with Gasteiger partial charge in [-0.25, -0.2) is 9.48 Å². The van der Waals surface area contributed by atoms with Gasteiger partial charge in [-0.3, -0.25) is 14.0 Å². The zero-order chi connectivity index (χ0) is 18.5. The summed E-state index contributed by atoms with van der Waals surface area (Å²) in [6, 6.07) is 5.31. The molecule has 0 saturated carbocycles. The van der Waals surface area contributed by atoms with Gasteiger partial charge in [-0.2, -0.15) is 0 Å². The van der Waals surface area contributed by atoms with E-state index < -0.39 is 0 Å². The maximum absolute atomic E-state index is 12.5. The summed E-state index contributed by atoms with van der Waals surface area (Å²) in [4.78, 5) is 38.5. The Morgan fingerprint density at radius 1 is 1.33 bits per heavy atom. The quantitative estimate of drug-likeness (QED) is 0.690. The molecule has 3 N–H and O–H groups in total. The van der Waals surface area contributed by atoms with Gasteiger partial charge in [-0.05, 0) is 25.0 Å². The molecule has 27 heavy (non-hydrogen) atoms. The molecule has 2 amide bonds. The average molecular weight is 397 g/mol. The van der Waals surface area contributed by atoms with Crippen molar-refractivity contribution in [2.24, 2.45) is 11.7 Å². The van der Waals surface area contributed by atoms with E-state index in [4.69, 9.17) is 5.73 Å². The van der Waals surface area contributed by atoms with Gasteiger partial charge in [0.1, 0.15) is 0 Å². The Morgan fingerprint density at radius 3 is 2.89 bits per heavy atom. The Morgan fingerprint density at radius 2 is 2.15 bits per heavy atom.